The van der Waals surface area contributed by atoms with Gasteiger partial charge in [0.15, 0.2) is 23.0 Å². The normalized spacial score (nSPS) is 11.2. The van der Waals surface area contributed by atoms with Crippen LogP contribution in [0.25, 0.3) is 22.4 Å². The number of nitrogens with one attached hydrogen (secondary N) is 1. The molecule has 0 fully saturated rings. The quantitative estimate of drug-likeness (QED) is 0.593. The van der Waals surface area contributed by atoms with Crippen molar-refractivity contribution in [3.05, 3.63) is 34.7 Å². The summed E-state index contributed by atoms with van der Waals surface area (Å²) in [7, 11) is 2.08. The van der Waals surface area contributed by atoms with Crippen molar-refractivity contribution in [3.8, 4) is 34.5 Å². The molecule has 2 aromatic carbocycles. The van der Waals surface area contributed by atoms with Crippen LogP contribution in [-0.2, 0) is 10.0 Å². The van der Waals surface area contributed by atoms with Gasteiger partial charge in [0, 0.05) is 18.2 Å². The highest BCUT2D eigenvalue weighted by Crippen LogP contribution is 2.39. The second-order valence-electron chi connectivity index (χ2n) is 6.16. The van der Waals surface area contributed by atoms with Crippen LogP contribution in [0.15, 0.2) is 33.5 Å². The van der Waals surface area contributed by atoms with Crippen molar-refractivity contribution in [2.45, 2.75) is 0 Å². The van der Waals surface area contributed by atoms with Gasteiger partial charge in [0.05, 0.1) is 56.8 Å². The summed E-state index contributed by atoms with van der Waals surface area (Å²) >= 11 is 0. The minimum atomic E-state index is -3.65. The van der Waals surface area contributed by atoms with Crippen molar-refractivity contribution in [1.82, 2.24) is 4.98 Å². The van der Waals surface area contributed by atoms with Crippen LogP contribution in [0.4, 0.5) is 5.69 Å². The Kier molecular flexibility index (Phi) is 5.74. The number of fused-ring (bicyclic) bond motifs is 1. The van der Waals surface area contributed by atoms with Gasteiger partial charge in [-0.1, -0.05) is 0 Å². The van der Waals surface area contributed by atoms with Gasteiger partial charge in [0.2, 0.25) is 15.9 Å². The molecule has 3 aromatic rings. The summed E-state index contributed by atoms with van der Waals surface area (Å²) in [6.07, 6.45) is 0.995. The zero-order valence-corrected chi connectivity index (χ0v) is 17.7. The minimum absolute atomic E-state index is 0.102. The van der Waals surface area contributed by atoms with E-state index in [9.17, 15) is 13.2 Å². The molecule has 0 amide bonds. The highest BCUT2D eigenvalue weighted by Gasteiger charge is 2.20. The molecule has 1 N–H and O–H groups in total. The first kappa shape index (κ1) is 21.2. The molecule has 0 aliphatic heterocycles. The van der Waals surface area contributed by atoms with Crippen LogP contribution in [0.3, 0.4) is 0 Å². The second-order valence-corrected chi connectivity index (χ2v) is 7.91. The molecule has 0 aliphatic rings. The van der Waals surface area contributed by atoms with Crippen LogP contribution >= 0.6 is 0 Å². The fourth-order valence-electron chi connectivity index (χ4n) is 2.85. The number of rotatable bonds is 7. The first-order valence-corrected chi connectivity index (χ1v) is 10.4. The smallest absolute Gasteiger partial charge is 0.347 e. The maximum Gasteiger partial charge on any atom is 0.347 e. The first-order chi connectivity index (χ1) is 14.2. The number of sulfonamides is 1. The zero-order valence-electron chi connectivity index (χ0n) is 16.9. The minimum Gasteiger partial charge on any atom is -0.493 e. The maximum atomic E-state index is 12.6. The van der Waals surface area contributed by atoms with E-state index in [1.165, 1.54) is 52.7 Å². The van der Waals surface area contributed by atoms with E-state index in [1.807, 2.05) is 0 Å². The maximum absolute atomic E-state index is 12.6. The lowest BCUT2D eigenvalue weighted by Gasteiger charge is -2.15. The fourth-order valence-corrected chi connectivity index (χ4v) is 3.42. The lowest BCUT2D eigenvalue weighted by atomic mass is 10.1. The summed E-state index contributed by atoms with van der Waals surface area (Å²) in [6, 6.07) is 5.86. The lowest BCUT2D eigenvalue weighted by Crippen LogP contribution is -2.12. The van der Waals surface area contributed by atoms with Crippen LogP contribution in [0.5, 0.6) is 23.0 Å². The molecule has 0 aliphatic carbocycles. The first-order valence-electron chi connectivity index (χ1n) is 8.51. The molecule has 0 spiro atoms. The summed E-state index contributed by atoms with van der Waals surface area (Å²) in [6.45, 7) is 0. The number of anilines is 1. The summed E-state index contributed by atoms with van der Waals surface area (Å²) in [5, 5.41) is 0.175. The predicted molar refractivity (Wildman–Crippen MR) is 110 cm³/mol. The molecule has 0 saturated carbocycles. The number of nitrogens with zero attached hydrogens (tertiary/aromatic N) is 1. The third-order valence-electron chi connectivity index (χ3n) is 4.18. The van der Waals surface area contributed by atoms with Gasteiger partial charge in [-0.15, -0.1) is 0 Å². The molecule has 0 saturated heterocycles. The molecule has 160 valence electrons. The van der Waals surface area contributed by atoms with Gasteiger partial charge in [0.25, 0.3) is 0 Å². The highest BCUT2D eigenvalue weighted by molar-refractivity contribution is 7.92. The van der Waals surface area contributed by atoms with Crippen LogP contribution in [0, 0.1) is 0 Å². The predicted octanol–water partition coefficient (Wildman–Crippen LogP) is 2.26. The van der Waals surface area contributed by atoms with E-state index in [4.69, 9.17) is 23.4 Å². The Hall–Kier alpha value is -3.47. The number of ether oxygens (including phenoxy) is 4. The molecule has 1 heterocycles. The van der Waals surface area contributed by atoms with E-state index < -0.39 is 15.6 Å². The van der Waals surface area contributed by atoms with Gasteiger partial charge in [-0.2, -0.15) is 0 Å². The average Bonchev–Trinajstić information content (AvgIpc) is 2.71. The number of hydrogen-bond acceptors (Lipinski definition) is 9. The Morgan fingerprint density at radius 3 is 1.97 bits per heavy atom. The van der Waals surface area contributed by atoms with Gasteiger partial charge in [-0.3, -0.25) is 4.72 Å². The Balaban J connectivity index is 2.31. The van der Waals surface area contributed by atoms with Gasteiger partial charge in [-0.25, -0.2) is 18.2 Å². The fraction of sp³-hybridized carbons (Fsp3) is 0.263. The van der Waals surface area contributed by atoms with Crippen molar-refractivity contribution in [2.24, 2.45) is 0 Å². The standard InChI is InChI=1S/C19H20N2O8S/c1-25-14-6-10(13(9-17(14)28-4)21-30(5,23)24)18-20-12-8-16(27-3)15(26-2)7-11(12)19(22)29-18/h6-9,21H,1-5H3. The van der Waals surface area contributed by atoms with E-state index >= 15 is 0 Å². The zero-order chi connectivity index (χ0) is 22.1. The summed E-state index contributed by atoms with van der Waals surface area (Å²) in [4.78, 5) is 17.0. The molecule has 1 aromatic heterocycles. The topological polar surface area (TPSA) is 126 Å². The lowest BCUT2D eigenvalue weighted by molar-refractivity contribution is 0.355. The van der Waals surface area contributed by atoms with Crippen LogP contribution in [0.1, 0.15) is 0 Å². The van der Waals surface area contributed by atoms with Gasteiger partial charge >= 0.3 is 5.63 Å². The summed E-state index contributed by atoms with van der Waals surface area (Å²) in [5.41, 5.74) is -0.118. The summed E-state index contributed by atoms with van der Waals surface area (Å²) < 4.78 is 52.4. The average molecular weight is 436 g/mol. The molecule has 0 bridgehead atoms. The number of hydrogen-bond donors (Lipinski definition) is 1. The molecular weight excluding hydrogens is 416 g/mol. The third-order valence-corrected chi connectivity index (χ3v) is 4.77. The van der Waals surface area contributed by atoms with Crippen molar-refractivity contribution >= 4 is 26.6 Å². The molecule has 0 atom stereocenters. The van der Waals surface area contributed by atoms with E-state index in [2.05, 4.69) is 9.71 Å². The Labute approximate surface area is 172 Å². The Bertz CT molecular complexity index is 1270. The number of benzene rings is 2. The molecule has 30 heavy (non-hydrogen) atoms. The van der Waals surface area contributed by atoms with E-state index in [-0.39, 0.29) is 33.8 Å². The Morgan fingerprint density at radius 1 is 0.867 bits per heavy atom. The van der Waals surface area contributed by atoms with Crippen LogP contribution in [0.2, 0.25) is 0 Å². The summed E-state index contributed by atoms with van der Waals surface area (Å²) in [5.74, 6) is 1.17. The van der Waals surface area contributed by atoms with Crippen LogP contribution < -0.4 is 29.3 Å². The molecule has 3 rings (SSSR count). The van der Waals surface area contributed by atoms with Crippen molar-refractivity contribution in [3.63, 3.8) is 0 Å². The largest absolute Gasteiger partial charge is 0.493 e. The third kappa shape index (κ3) is 4.10. The van der Waals surface area contributed by atoms with Gasteiger partial charge in [-0.05, 0) is 6.07 Å². The molecule has 10 nitrogen and oxygen atoms in total. The van der Waals surface area contributed by atoms with Crippen molar-refractivity contribution in [1.29, 1.82) is 0 Å². The van der Waals surface area contributed by atoms with Crippen LogP contribution in [-0.4, -0.2) is 48.1 Å². The SMILES string of the molecule is COc1cc(NS(C)(=O)=O)c(-c2nc3cc(OC)c(OC)cc3c(=O)o2)cc1OC. The monoisotopic (exact) mass is 436 g/mol. The van der Waals surface area contributed by atoms with Gasteiger partial charge < -0.3 is 23.4 Å². The van der Waals surface area contributed by atoms with Gasteiger partial charge in [0.1, 0.15) is 0 Å². The number of methoxy groups -OCH3 is 4. The molecule has 0 radical (unpaired) electrons. The molecular formula is C19H20N2O8S. The Morgan fingerprint density at radius 2 is 1.40 bits per heavy atom. The second kappa shape index (κ2) is 8.11. The number of aromatic nitrogens is 1. The van der Waals surface area contributed by atoms with E-state index in [0.717, 1.165) is 6.26 Å². The molecule has 0 unspecified atom stereocenters. The van der Waals surface area contributed by atoms with Crippen molar-refractivity contribution in [2.75, 3.05) is 39.4 Å². The highest BCUT2D eigenvalue weighted by atomic mass is 32.2. The molecule has 11 heteroatoms. The van der Waals surface area contributed by atoms with Crippen molar-refractivity contribution < 1.29 is 31.8 Å². The van der Waals surface area contributed by atoms with E-state index in [1.54, 1.807) is 0 Å². The van der Waals surface area contributed by atoms with E-state index in [0.29, 0.717) is 17.2 Å².